The normalized spacial score (nSPS) is 11.3. The minimum absolute atomic E-state index is 0.0248. The van der Waals surface area contributed by atoms with E-state index in [-0.39, 0.29) is 27.9 Å². The fourth-order valence-corrected chi connectivity index (χ4v) is 2.95. The van der Waals surface area contributed by atoms with Gasteiger partial charge in [0.1, 0.15) is 4.90 Å². The number of hydrogen-bond acceptors (Lipinski definition) is 7. The van der Waals surface area contributed by atoms with Crippen molar-refractivity contribution in [3.8, 4) is 0 Å². The Balaban J connectivity index is 2.28. The van der Waals surface area contributed by atoms with Crippen LogP contribution in [-0.4, -0.2) is 42.1 Å². The molecule has 0 atom stereocenters. The van der Waals surface area contributed by atoms with Crippen molar-refractivity contribution < 1.29 is 17.9 Å². The van der Waals surface area contributed by atoms with E-state index in [1.807, 2.05) is 0 Å². The molecule has 1 heterocycles. The van der Waals surface area contributed by atoms with Crippen molar-refractivity contribution in [1.29, 1.82) is 0 Å². The lowest BCUT2D eigenvalue weighted by Crippen LogP contribution is -2.24. The van der Waals surface area contributed by atoms with E-state index in [2.05, 4.69) is 30.1 Å². The molecule has 21 heavy (non-hydrogen) atoms. The van der Waals surface area contributed by atoms with E-state index in [1.54, 1.807) is 0 Å². The lowest BCUT2D eigenvalue weighted by Gasteiger charge is -2.08. The monoisotopic (exact) mass is 331 g/mol. The highest BCUT2D eigenvalue weighted by molar-refractivity contribution is 7.89. The second-order valence-electron chi connectivity index (χ2n) is 3.79. The molecule has 2 aromatic rings. The molecule has 0 spiro atoms. The van der Waals surface area contributed by atoms with Gasteiger partial charge in [0.25, 0.3) is 0 Å². The summed E-state index contributed by atoms with van der Waals surface area (Å²) in [7, 11) is -2.75. The zero-order chi connectivity index (χ0) is 15.5. The third-order valence-electron chi connectivity index (χ3n) is 2.45. The summed E-state index contributed by atoms with van der Waals surface area (Å²) >= 11 is 5.87. The Kier molecular flexibility index (Phi) is 4.50. The molecule has 0 unspecified atom stereocenters. The van der Waals surface area contributed by atoms with E-state index in [0.29, 0.717) is 0 Å². The van der Waals surface area contributed by atoms with Gasteiger partial charge in [0.2, 0.25) is 10.0 Å². The fourth-order valence-electron chi connectivity index (χ4n) is 1.45. The molecule has 0 saturated carbocycles. The van der Waals surface area contributed by atoms with Crippen molar-refractivity contribution >= 4 is 27.6 Å². The number of halogens is 1. The van der Waals surface area contributed by atoms with Crippen LogP contribution in [0.5, 0.6) is 0 Å². The number of carbonyl (C=O) groups is 1. The summed E-state index contributed by atoms with van der Waals surface area (Å²) in [6.07, 6.45) is 0. The van der Waals surface area contributed by atoms with Crippen LogP contribution >= 0.6 is 11.6 Å². The third kappa shape index (κ3) is 3.54. The number of rotatable bonds is 5. The number of nitrogens with one attached hydrogen (secondary N) is 2. The number of ether oxygens (including phenoxy) is 1. The maximum atomic E-state index is 12.2. The van der Waals surface area contributed by atoms with Crippen LogP contribution in [0.25, 0.3) is 0 Å². The zero-order valence-corrected chi connectivity index (χ0v) is 12.3. The Morgan fingerprint density at radius 1 is 1.48 bits per heavy atom. The number of carbonyl (C=O) groups excluding carboxylic acids is 1. The quantitative estimate of drug-likeness (QED) is 0.745. The zero-order valence-electron chi connectivity index (χ0n) is 10.7. The maximum Gasteiger partial charge on any atom is 0.337 e. The van der Waals surface area contributed by atoms with E-state index in [9.17, 15) is 13.2 Å². The molecule has 9 nitrogen and oxygen atoms in total. The number of hydrogen-bond donors (Lipinski definition) is 2. The molecule has 11 heteroatoms. The Labute approximate surface area is 124 Å². The van der Waals surface area contributed by atoms with Gasteiger partial charge in [-0.15, -0.1) is 10.2 Å². The summed E-state index contributed by atoms with van der Waals surface area (Å²) < 4.78 is 31.1. The fraction of sp³-hybridized carbons (Fsp3) is 0.200. The molecule has 0 saturated heterocycles. The van der Waals surface area contributed by atoms with Gasteiger partial charge in [0, 0.05) is 0 Å². The second-order valence-corrected chi connectivity index (χ2v) is 5.93. The smallest absolute Gasteiger partial charge is 0.337 e. The van der Waals surface area contributed by atoms with Crippen LogP contribution in [0, 0.1) is 0 Å². The summed E-state index contributed by atoms with van der Waals surface area (Å²) in [4.78, 5) is 11.2. The lowest BCUT2D eigenvalue weighted by atomic mass is 10.2. The van der Waals surface area contributed by atoms with Crippen molar-refractivity contribution in [2.45, 2.75) is 11.4 Å². The molecular weight excluding hydrogens is 322 g/mol. The first-order valence-electron chi connectivity index (χ1n) is 5.54. The summed E-state index contributed by atoms with van der Waals surface area (Å²) in [5, 5.41) is 12.7. The number of tetrazole rings is 1. The number of esters is 1. The van der Waals surface area contributed by atoms with Crippen molar-refractivity contribution in [2.24, 2.45) is 0 Å². The van der Waals surface area contributed by atoms with Gasteiger partial charge in [-0.05, 0) is 18.2 Å². The first kappa shape index (κ1) is 15.4. The van der Waals surface area contributed by atoms with Gasteiger partial charge in [-0.3, -0.25) is 0 Å². The van der Waals surface area contributed by atoms with Crippen molar-refractivity contribution in [2.75, 3.05) is 7.11 Å². The van der Waals surface area contributed by atoms with Gasteiger partial charge in [0.05, 0.1) is 24.2 Å². The third-order valence-corrected chi connectivity index (χ3v) is 4.33. The van der Waals surface area contributed by atoms with Gasteiger partial charge < -0.3 is 4.74 Å². The Hall–Kier alpha value is -2.04. The molecule has 0 amide bonds. The van der Waals surface area contributed by atoms with Gasteiger partial charge in [0.15, 0.2) is 5.82 Å². The molecule has 0 aliphatic carbocycles. The highest BCUT2D eigenvalue weighted by Crippen LogP contribution is 2.23. The number of H-pyrrole nitrogens is 1. The number of aromatic amines is 1. The van der Waals surface area contributed by atoms with Crippen LogP contribution in [0.2, 0.25) is 5.02 Å². The molecule has 0 bridgehead atoms. The Morgan fingerprint density at radius 3 is 2.86 bits per heavy atom. The van der Waals surface area contributed by atoms with Crippen LogP contribution in [0.4, 0.5) is 0 Å². The topological polar surface area (TPSA) is 127 Å². The van der Waals surface area contributed by atoms with Gasteiger partial charge in [-0.1, -0.05) is 16.8 Å². The molecule has 2 rings (SSSR count). The highest BCUT2D eigenvalue weighted by atomic mass is 35.5. The molecule has 1 aromatic carbocycles. The predicted molar refractivity (Wildman–Crippen MR) is 71.0 cm³/mol. The highest BCUT2D eigenvalue weighted by Gasteiger charge is 2.20. The van der Waals surface area contributed by atoms with Crippen LogP contribution in [0.3, 0.4) is 0 Å². The van der Waals surface area contributed by atoms with E-state index < -0.39 is 16.0 Å². The second kappa shape index (κ2) is 6.16. The number of nitrogens with zero attached hydrogens (tertiary/aromatic N) is 3. The summed E-state index contributed by atoms with van der Waals surface area (Å²) in [5.74, 6) is -0.500. The van der Waals surface area contributed by atoms with E-state index in [1.165, 1.54) is 19.2 Å². The standard InChI is InChI=1S/C10H10ClN5O4S/c1-20-10(17)6-2-3-7(11)8(4-6)21(18,19)12-5-9-13-15-16-14-9/h2-4,12H,5H2,1H3,(H,13,14,15,16). The number of sulfonamides is 1. The SMILES string of the molecule is COC(=O)c1ccc(Cl)c(S(=O)(=O)NCc2nn[nH]n2)c1. The summed E-state index contributed by atoms with van der Waals surface area (Å²) in [5.41, 5.74) is 0.0711. The summed E-state index contributed by atoms with van der Waals surface area (Å²) in [6.45, 7) is -0.169. The summed E-state index contributed by atoms with van der Waals surface area (Å²) in [6, 6.07) is 3.80. The van der Waals surface area contributed by atoms with Gasteiger partial charge in [-0.2, -0.15) is 5.21 Å². The number of methoxy groups -OCH3 is 1. The molecule has 0 aliphatic heterocycles. The maximum absolute atomic E-state index is 12.2. The number of benzene rings is 1. The molecular formula is C10H10ClN5O4S. The minimum atomic E-state index is -3.94. The molecule has 0 fully saturated rings. The molecule has 0 aliphatic rings. The van der Waals surface area contributed by atoms with E-state index in [4.69, 9.17) is 11.6 Å². The first-order chi connectivity index (χ1) is 9.94. The van der Waals surface area contributed by atoms with Crippen molar-refractivity contribution in [3.63, 3.8) is 0 Å². The number of aromatic nitrogens is 4. The molecule has 2 N–H and O–H groups in total. The first-order valence-corrected chi connectivity index (χ1v) is 7.40. The Bertz CT molecular complexity index is 747. The lowest BCUT2D eigenvalue weighted by molar-refractivity contribution is 0.0600. The van der Waals surface area contributed by atoms with Gasteiger partial charge in [-0.25, -0.2) is 17.9 Å². The average molecular weight is 332 g/mol. The molecule has 1 aromatic heterocycles. The molecule has 0 radical (unpaired) electrons. The van der Waals surface area contributed by atoms with Crippen LogP contribution in [0.15, 0.2) is 23.1 Å². The van der Waals surface area contributed by atoms with Crippen LogP contribution in [-0.2, 0) is 21.3 Å². The van der Waals surface area contributed by atoms with Crippen molar-refractivity contribution in [1.82, 2.24) is 25.3 Å². The largest absolute Gasteiger partial charge is 0.465 e. The minimum Gasteiger partial charge on any atom is -0.465 e. The molecule has 112 valence electrons. The average Bonchev–Trinajstić information content (AvgIpc) is 2.98. The van der Waals surface area contributed by atoms with Gasteiger partial charge >= 0.3 is 5.97 Å². The predicted octanol–water partition coefficient (Wildman–Crippen LogP) is 0.118. The van der Waals surface area contributed by atoms with Crippen LogP contribution < -0.4 is 4.72 Å². The van der Waals surface area contributed by atoms with Crippen LogP contribution in [0.1, 0.15) is 16.2 Å². The van der Waals surface area contributed by atoms with Crippen molar-refractivity contribution in [3.05, 3.63) is 34.6 Å². The van der Waals surface area contributed by atoms with E-state index in [0.717, 1.165) is 6.07 Å². The van der Waals surface area contributed by atoms with E-state index >= 15 is 0 Å². The Morgan fingerprint density at radius 2 is 2.24 bits per heavy atom.